The number of hydrogen-bond donors (Lipinski definition) is 1. The first-order valence-electron chi connectivity index (χ1n) is 6.64. The topological polar surface area (TPSA) is 38.3 Å². The van der Waals surface area contributed by atoms with Crippen molar-refractivity contribution < 1.29 is 18.3 Å². The highest BCUT2D eigenvalue weighted by atomic mass is 79.9. The van der Waals surface area contributed by atoms with E-state index in [0.29, 0.717) is 0 Å². The van der Waals surface area contributed by atoms with E-state index < -0.39 is 11.6 Å². The molecule has 0 aromatic heterocycles. The molecule has 0 unspecified atom stereocenters. The van der Waals surface area contributed by atoms with Gasteiger partial charge in [-0.2, -0.15) is 0 Å². The Morgan fingerprint density at radius 3 is 2.64 bits per heavy atom. The molecule has 0 heterocycles. The van der Waals surface area contributed by atoms with E-state index in [2.05, 4.69) is 21.2 Å². The largest absolute Gasteiger partial charge is 0.492 e. The minimum Gasteiger partial charge on any atom is -0.492 e. The Bertz CT molecular complexity index is 664. The Morgan fingerprint density at radius 2 is 1.91 bits per heavy atom. The van der Waals surface area contributed by atoms with Crippen LogP contribution in [-0.4, -0.2) is 19.1 Å². The lowest BCUT2D eigenvalue weighted by Crippen LogP contribution is -2.29. The number of ether oxygens (including phenoxy) is 1. The fourth-order valence-electron chi connectivity index (χ4n) is 1.80. The molecule has 0 spiro atoms. The van der Waals surface area contributed by atoms with Crippen molar-refractivity contribution in [3.05, 3.63) is 64.1 Å². The summed E-state index contributed by atoms with van der Waals surface area (Å²) in [7, 11) is 0. The van der Waals surface area contributed by atoms with Gasteiger partial charge in [-0.05, 0) is 23.8 Å². The lowest BCUT2D eigenvalue weighted by atomic mass is 10.1. The highest BCUT2D eigenvalue weighted by Crippen LogP contribution is 2.16. The van der Waals surface area contributed by atoms with Gasteiger partial charge < -0.3 is 10.1 Å². The van der Waals surface area contributed by atoms with Crippen LogP contribution in [-0.2, 0) is 11.2 Å². The van der Waals surface area contributed by atoms with Gasteiger partial charge in [-0.15, -0.1) is 0 Å². The quantitative estimate of drug-likeness (QED) is 0.791. The van der Waals surface area contributed by atoms with Crippen molar-refractivity contribution in [1.82, 2.24) is 5.32 Å². The van der Waals surface area contributed by atoms with E-state index in [9.17, 15) is 13.6 Å². The third-order valence-corrected chi connectivity index (χ3v) is 3.67. The molecule has 0 bridgehead atoms. The van der Waals surface area contributed by atoms with Crippen molar-refractivity contribution >= 4 is 21.8 Å². The average molecular weight is 370 g/mol. The van der Waals surface area contributed by atoms with Crippen LogP contribution >= 0.6 is 15.9 Å². The predicted molar refractivity (Wildman–Crippen MR) is 82.7 cm³/mol. The molecule has 0 atom stereocenters. The molecule has 116 valence electrons. The fraction of sp³-hybridized carbons (Fsp3) is 0.188. The second kappa shape index (κ2) is 7.89. The molecule has 6 heteroatoms. The number of hydrogen-bond acceptors (Lipinski definition) is 2. The second-order valence-corrected chi connectivity index (χ2v) is 5.40. The molecule has 0 aliphatic heterocycles. The monoisotopic (exact) mass is 369 g/mol. The van der Waals surface area contributed by atoms with Crippen LogP contribution < -0.4 is 10.1 Å². The molecule has 2 rings (SSSR count). The van der Waals surface area contributed by atoms with Crippen molar-refractivity contribution in [3.8, 4) is 5.75 Å². The van der Waals surface area contributed by atoms with Gasteiger partial charge in [0.05, 0.1) is 13.0 Å². The summed E-state index contributed by atoms with van der Waals surface area (Å²) in [5, 5.41) is 2.70. The summed E-state index contributed by atoms with van der Waals surface area (Å²) in [6.45, 7) is 0.453. The third-order valence-electron chi connectivity index (χ3n) is 2.89. The Labute approximate surface area is 135 Å². The number of benzene rings is 2. The maximum absolute atomic E-state index is 13.0. The molecule has 0 fully saturated rings. The summed E-state index contributed by atoms with van der Waals surface area (Å²) < 4.78 is 31.8. The highest BCUT2D eigenvalue weighted by Gasteiger charge is 2.06. The first kappa shape index (κ1) is 16.4. The van der Waals surface area contributed by atoms with Gasteiger partial charge in [-0.1, -0.05) is 34.1 Å². The molecular formula is C16H14BrF2NO2. The van der Waals surface area contributed by atoms with Crippen molar-refractivity contribution in [2.45, 2.75) is 6.42 Å². The molecule has 2 aromatic carbocycles. The van der Waals surface area contributed by atoms with E-state index in [1.807, 2.05) is 24.3 Å². The Hall–Kier alpha value is -1.95. The lowest BCUT2D eigenvalue weighted by molar-refractivity contribution is -0.120. The molecule has 0 radical (unpaired) electrons. The van der Waals surface area contributed by atoms with E-state index in [4.69, 9.17) is 4.74 Å². The van der Waals surface area contributed by atoms with Crippen LogP contribution in [0.15, 0.2) is 46.9 Å². The maximum Gasteiger partial charge on any atom is 0.224 e. The number of nitrogens with one attached hydrogen (secondary N) is 1. The highest BCUT2D eigenvalue weighted by molar-refractivity contribution is 9.10. The summed E-state index contributed by atoms with van der Waals surface area (Å²) in [5.74, 6) is -1.80. The minimum absolute atomic E-state index is 0.138. The summed E-state index contributed by atoms with van der Waals surface area (Å²) >= 11 is 3.38. The first-order chi connectivity index (χ1) is 10.6. The fourth-order valence-corrected chi connectivity index (χ4v) is 2.23. The predicted octanol–water partition coefficient (Wildman–Crippen LogP) is 3.47. The molecule has 1 N–H and O–H groups in total. The van der Waals surface area contributed by atoms with E-state index in [-0.39, 0.29) is 31.2 Å². The first-order valence-corrected chi connectivity index (χ1v) is 7.43. The molecule has 0 aliphatic rings. The zero-order chi connectivity index (χ0) is 15.9. The van der Waals surface area contributed by atoms with E-state index >= 15 is 0 Å². The standard InChI is InChI=1S/C16H14BrF2NO2/c17-13-4-2-1-3-11(13)9-16(21)20-7-8-22-12-5-6-14(18)15(19)10-12/h1-6,10H,7-9H2,(H,20,21). The van der Waals surface area contributed by atoms with Gasteiger partial charge in [0.15, 0.2) is 11.6 Å². The number of rotatable bonds is 6. The van der Waals surface area contributed by atoms with Gasteiger partial charge in [-0.25, -0.2) is 8.78 Å². The molecular weight excluding hydrogens is 356 g/mol. The Kier molecular flexibility index (Phi) is 5.89. The van der Waals surface area contributed by atoms with Crippen LogP contribution in [0.5, 0.6) is 5.75 Å². The maximum atomic E-state index is 13.0. The van der Waals surface area contributed by atoms with Gasteiger partial charge in [0.25, 0.3) is 0 Å². The van der Waals surface area contributed by atoms with Gasteiger partial charge in [0.2, 0.25) is 5.91 Å². The Morgan fingerprint density at radius 1 is 1.14 bits per heavy atom. The average Bonchev–Trinajstić information content (AvgIpc) is 2.49. The van der Waals surface area contributed by atoms with Crippen LogP contribution in [0.3, 0.4) is 0 Å². The minimum atomic E-state index is -0.963. The zero-order valence-electron chi connectivity index (χ0n) is 11.6. The summed E-state index contributed by atoms with van der Waals surface area (Å²) in [6.07, 6.45) is 0.257. The molecule has 3 nitrogen and oxygen atoms in total. The van der Waals surface area contributed by atoms with Crippen molar-refractivity contribution in [3.63, 3.8) is 0 Å². The van der Waals surface area contributed by atoms with Gasteiger partial charge in [-0.3, -0.25) is 4.79 Å². The summed E-state index contributed by atoms with van der Waals surface area (Å²) in [6, 6.07) is 10.8. The smallest absolute Gasteiger partial charge is 0.224 e. The molecule has 1 amide bonds. The molecule has 0 saturated carbocycles. The van der Waals surface area contributed by atoms with Crippen LogP contribution in [0.25, 0.3) is 0 Å². The SMILES string of the molecule is O=C(Cc1ccccc1Br)NCCOc1ccc(F)c(F)c1. The van der Waals surface area contributed by atoms with E-state index in [0.717, 1.165) is 22.2 Å². The van der Waals surface area contributed by atoms with Crippen molar-refractivity contribution in [2.75, 3.05) is 13.2 Å². The van der Waals surface area contributed by atoms with Gasteiger partial charge in [0.1, 0.15) is 12.4 Å². The van der Waals surface area contributed by atoms with Gasteiger partial charge in [0, 0.05) is 10.5 Å². The number of carbonyl (C=O) groups excluding carboxylic acids is 1. The molecule has 22 heavy (non-hydrogen) atoms. The third kappa shape index (κ3) is 4.80. The van der Waals surface area contributed by atoms with E-state index in [1.54, 1.807) is 0 Å². The zero-order valence-corrected chi connectivity index (χ0v) is 13.2. The van der Waals surface area contributed by atoms with E-state index in [1.165, 1.54) is 6.07 Å². The number of amides is 1. The van der Waals surface area contributed by atoms with Crippen molar-refractivity contribution in [1.29, 1.82) is 0 Å². The lowest BCUT2D eigenvalue weighted by Gasteiger charge is -2.08. The summed E-state index contributed by atoms with van der Waals surface area (Å²) in [5.41, 5.74) is 0.890. The normalized spacial score (nSPS) is 10.3. The Balaban J connectivity index is 1.73. The summed E-state index contributed by atoms with van der Waals surface area (Å²) in [4.78, 5) is 11.8. The van der Waals surface area contributed by atoms with Crippen LogP contribution in [0.2, 0.25) is 0 Å². The molecule has 2 aromatic rings. The second-order valence-electron chi connectivity index (χ2n) is 4.54. The van der Waals surface area contributed by atoms with Crippen LogP contribution in [0, 0.1) is 11.6 Å². The number of carbonyl (C=O) groups is 1. The van der Waals surface area contributed by atoms with Gasteiger partial charge >= 0.3 is 0 Å². The molecule has 0 aliphatic carbocycles. The van der Waals surface area contributed by atoms with Crippen LogP contribution in [0.1, 0.15) is 5.56 Å². The molecule has 0 saturated heterocycles. The van der Waals surface area contributed by atoms with Crippen molar-refractivity contribution in [2.24, 2.45) is 0 Å². The number of halogens is 3. The van der Waals surface area contributed by atoms with Crippen LogP contribution in [0.4, 0.5) is 8.78 Å².